The molecule has 25 heavy (non-hydrogen) atoms. The predicted octanol–water partition coefficient (Wildman–Crippen LogP) is 1.90. The highest BCUT2D eigenvalue weighted by Crippen LogP contribution is 2.29. The van der Waals surface area contributed by atoms with E-state index < -0.39 is 0 Å². The van der Waals surface area contributed by atoms with Crippen molar-refractivity contribution >= 4 is 22.8 Å². The molecule has 0 saturated carbocycles. The Kier molecular flexibility index (Phi) is 3.35. The second-order valence-electron chi connectivity index (χ2n) is 7.37. The molecule has 2 aromatic rings. The second kappa shape index (κ2) is 5.59. The lowest BCUT2D eigenvalue weighted by Gasteiger charge is -2.29. The molecule has 6 nitrogen and oxygen atoms in total. The Labute approximate surface area is 145 Å². The molecule has 0 radical (unpaired) electrons. The third-order valence-electron chi connectivity index (χ3n) is 5.75. The molecule has 3 fully saturated rings. The average Bonchev–Trinajstić information content (AvgIpc) is 3.27. The molecule has 1 aromatic heterocycles. The highest BCUT2D eigenvalue weighted by atomic mass is 16.3. The number of fused-ring (bicyclic) bond motifs is 3. The van der Waals surface area contributed by atoms with Gasteiger partial charge in [0.15, 0.2) is 5.76 Å². The summed E-state index contributed by atoms with van der Waals surface area (Å²) in [6, 6.07) is 8.27. The molecule has 3 aliphatic heterocycles. The number of hydrogen-bond donors (Lipinski definition) is 2. The second-order valence-corrected chi connectivity index (χ2v) is 7.37. The smallest absolute Gasteiger partial charge is 0.289 e. The van der Waals surface area contributed by atoms with Gasteiger partial charge in [-0.2, -0.15) is 0 Å². The van der Waals surface area contributed by atoms with Gasteiger partial charge in [-0.15, -0.1) is 0 Å². The first-order chi connectivity index (χ1) is 12.2. The van der Waals surface area contributed by atoms with E-state index in [1.54, 1.807) is 23.1 Å². The van der Waals surface area contributed by atoms with Gasteiger partial charge in [0, 0.05) is 42.2 Å². The maximum atomic E-state index is 12.6. The van der Waals surface area contributed by atoms with Crippen molar-refractivity contribution in [3.05, 3.63) is 35.6 Å². The number of amides is 2. The third kappa shape index (κ3) is 2.52. The van der Waals surface area contributed by atoms with E-state index in [1.807, 2.05) is 6.07 Å². The molecule has 1 aromatic carbocycles. The van der Waals surface area contributed by atoms with Gasteiger partial charge >= 0.3 is 0 Å². The van der Waals surface area contributed by atoms with Crippen LogP contribution in [-0.4, -0.2) is 47.9 Å². The lowest BCUT2D eigenvalue weighted by molar-refractivity contribution is 0.0621. The van der Waals surface area contributed by atoms with Crippen LogP contribution >= 0.6 is 0 Å². The first kappa shape index (κ1) is 15.0. The van der Waals surface area contributed by atoms with Gasteiger partial charge in [-0.25, -0.2) is 0 Å². The minimum Gasteiger partial charge on any atom is -0.451 e. The Bertz CT molecular complexity index is 855. The van der Waals surface area contributed by atoms with Crippen LogP contribution in [-0.2, 0) is 0 Å². The van der Waals surface area contributed by atoms with Crippen molar-refractivity contribution in [2.75, 3.05) is 13.1 Å². The number of hydrogen-bond acceptors (Lipinski definition) is 4. The van der Waals surface area contributed by atoms with E-state index in [9.17, 15) is 9.59 Å². The Morgan fingerprint density at radius 1 is 1.20 bits per heavy atom. The van der Waals surface area contributed by atoms with E-state index in [0.29, 0.717) is 29.0 Å². The van der Waals surface area contributed by atoms with E-state index in [2.05, 4.69) is 10.6 Å². The van der Waals surface area contributed by atoms with Crippen LogP contribution in [0.2, 0.25) is 0 Å². The molecule has 0 aliphatic carbocycles. The van der Waals surface area contributed by atoms with Crippen LogP contribution in [0.3, 0.4) is 0 Å². The zero-order valence-electron chi connectivity index (χ0n) is 14.0. The molecule has 3 saturated heterocycles. The molecule has 2 amide bonds. The summed E-state index contributed by atoms with van der Waals surface area (Å²) in [5.41, 5.74) is 1.25. The Morgan fingerprint density at radius 2 is 2.08 bits per heavy atom. The van der Waals surface area contributed by atoms with Crippen LogP contribution in [0.4, 0.5) is 0 Å². The predicted molar refractivity (Wildman–Crippen MR) is 92.6 cm³/mol. The van der Waals surface area contributed by atoms with Crippen molar-refractivity contribution in [2.24, 2.45) is 0 Å². The van der Waals surface area contributed by atoms with E-state index in [4.69, 9.17) is 4.42 Å². The minimum absolute atomic E-state index is 0.0573. The van der Waals surface area contributed by atoms with Crippen molar-refractivity contribution in [1.29, 1.82) is 0 Å². The van der Waals surface area contributed by atoms with Gasteiger partial charge in [0.25, 0.3) is 11.8 Å². The fourth-order valence-corrected chi connectivity index (χ4v) is 4.20. The highest BCUT2D eigenvalue weighted by Gasteiger charge is 2.39. The fraction of sp³-hybridized carbons (Fsp3) is 0.474. The SMILES string of the molecule is O=C(N[C@@H]1C[C@H]2CC[C@@H]1N2)c1ccc2oc(C(=O)N3CCC3)cc2c1. The number of rotatable bonds is 3. The normalized spacial score (nSPS) is 27.5. The first-order valence-electron chi connectivity index (χ1n) is 9.07. The quantitative estimate of drug-likeness (QED) is 0.896. The molecule has 2 bridgehead atoms. The van der Waals surface area contributed by atoms with E-state index >= 15 is 0 Å². The zero-order valence-corrected chi connectivity index (χ0v) is 14.0. The first-order valence-corrected chi connectivity index (χ1v) is 9.07. The van der Waals surface area contributed by atoms with Crippen molar-refractivity contribution < 1.29 is 14.0 Å². The molecular formula is C19H21N3O3. The van der Waals surface area contributed by atoms with Crippen molar-refractivity contribution in [3.63, 3.8) is 0 Å². The lowest BCUT2D eigenvalue weighted by atomic mass is 9.95. The number of carbonyl (C=O) groups excluding carboxylic acids is 2. The molecule has 130 valence electrons. The Hall–Kier alpha value is -2.34. The molecular weight excluding hydrogens is 318 g/mol. The maximum absolute atomic E-state index is 12.6. The van der Waals surface area contributed by atoms with E-state index in [0.717, 1.165) is 37.7 Å². The van der Waals surface area contributed by atoms with Gasteiger partial charge < -0.3 is 20.0 Å². The maximum Gasteiger partial charge on any atom is 0.289 e. The Balaban J connectivity index is 1.34. The number of nitrogens with zero attached hydrogens (tertiary/aromatic N) is 1. The van der Waals surface area contributed by atoms with Crippen LogP contribution in [0, 0.1) is 0 Å². The summed E-state index contributed by atoms with van der Waals surface area (Å²) in [6.07, 6.45) is 4.41. The van der Waals surface area contributed by atoms with Gasteiger partial charge in [0.05, 0.1) is 0 Å². The van der Waals surface area contributed by atoms with Crippen LogP contribution in [0.5, 0.6) is 0 Å². The molecule has 3 aliphatic rings. The molecule has 2 N–H and O–H groups in total. The van der Waals surface area contributed by atoms with Gasteiger partial charge in [-0.05, 0) is 49.9 Å². The molecule has 5 rings (SSSR count). The highest BCUT2D eigenvalue weighted by molar-refractivity contribution is 6.00. The van der Waals surface area contributed by atoms with Crippen LogP contribution in [0.25, 0.3) is 11.0 Å². The van der Waals surface area contributed by atoms with E-state index in [1.165, 1.54) is 6.42 Å². The fourth-order valence-electron chi connectivity index (χ4n) is 4.20. The third-order valence-corrected chi connectivity index (χ3v) is 5.75. The number of carbonyl (C=O) groups is 2. The van der Waals surface area contributed by atoms with Crippen LogP contribution in [0.15, 0.2) is 28.7 Å². The van der Waals surface area contributed by atoms with Gasteiger partial charge in [0.2, 0.25) is 0 Å². The van der Waals surface area contributed by atoms with E-state index in [-0.39, 0.29) is 17.9 Å². The van der Waals surface area contributed by atoms with Crippen LogP contribution < -0.4 is 10.6 Å². The largest absolute Gasteiger partial charge is 0.451 e. The standard InChI is InChI=1S/C19H21N3O3/c23-18(21-15-10-13-3-4-14(15)20-13)11-2-5-16-12(8-11)9-17(25-16)19(24)22-6-1-7-22/h2,5,8-9,13-15,20H,1,3-4,6-7,10H2,(H,21,23)/t13-,14+,15-/m1/s1. The minimum atomic E-state index is -0.0680. The average molecular weight is 339 g/mol. The van der Waals surface area contributed by atoms with Gasteiger partial charge in [0.1, 0.15) is 5.58 Å². The summed E-state index contributed by atoms with van der Waals surface area (Å²) in [4.78, 5) is 26.6. The van der Waals surface area contributed by atoms with Crippen molar-refractivity contribution in [1.82, 2.24) is 15.5 Å². The molecule has 3 atom stereocenters. The molecule has 6 heteroatoms. The number of furan rings is 1. The monoisotopic (exact) mass is 339 g/mol. The number of nitrogens with one attached hydrogen (secondary N) is 2. The molecule has 0 spiro atoms. The van der Waals surface area contributed by atoms with Crippen molar-refractivity contribution in [3.8, 4) is 0 Å². The van der Waals surface area contributed by atoms with Crippen molar-refractivity contribution in [2.45, 2.75) is 43.8 Å². The molecule has 0 unspecified atom stereocenters. The van der Waals surface area contributed by atoms with Crippen LogP contribution in [0.1, 0.15) is 46.6 Å². The lowest BCUT2D eigenvalue weighted by Crippen LogP contribution is -2.42. The number of likely N-dealkylation sites (tertiary alicyclic amines) is 1. The molecule has 4 heterocycles. The van der Waals surface area contributed by atoms with Gasteiger partial charge in [-0.3, -0.25) is 9.59 Å². The Morgan fingerprint density at radius 3 is 2.76 bits per heavy atom. The summed E-state index contributed by atoms with van der Waals surface area (Å²) in [6.45, 7) is 1.59. The number of benzene rings is 1. The summed E-state index contributed by atoms with van der Waals surface area (Å²) >= 11 is 0. The summed E-state index contributed by atoms with van der Waals surface area (Å²) < 4.78 is 5.66. The zero-order chi connectivity index (χ0) is 17.0. The summed E-state index contributed by atoms with van der Waals surface area (Å²) in [5.74, 6) is 0.226. The summed E-state index contributed by atoms with van der Waals surface area (Å²) in [7, 11) is 0. The van der Waals surface area contributed by atoms with Gasteiger partial charge in [-0.1, -0.05) is 0 Å². The summed E-state index contributed by atoms with van der Waals surface area (Å²) in [5, 5.41) is 7.47. The topological polar surface area (TPSA) is 74.6 Å².